The second-order valence-electron chi connectivity index (χ2n) is 4.01. The monoisotopic (exact) mass is 449 g/mol. The zero-order valence-corrected chi connectivity index (χ0v) is 14.7. The van der Waals surface area contributed by atoms with Crippen LogP contribution in [0.5, 0.6) is 0 Å². The first-order valence-electron chi connectivity index (χ1n) is 5.95. The molecule has 0 unspecified atom stereocenters. The number of aryl methyl sites for hydroxylation is 1. The van der Waals surface area contributed by atoms with Gasteiger partial charge in [-0.3, -0.25) is 9.20 Å². The molecule has 0 N–H and O–H groups in total. The minimum atomic E-state index is 0. The summed E-state index contributed by atoms with van der Waals surface area (Å²) >= 11 is 0. The van der Waals surface area contributed by atoms with Crippen LogP contribution in [0.1, 0.15) is 20.3 Å². The Kier molecular flexibility index (Phi) is 7.94. The molecule has 0 aliphatic heterocycles. The van der Waals surface area contributed by atoms with Crippen LogP contribution >= 0.6 is 0 Å². The normalized spacial score (nSPS) is 9.15. The number of hydrogen-bond donors (Lipinski definition) is 0. The molecule has 20 heavy (non-hydrogen) atoms. The summed E-state index contributed by atoms with van der Waals surface area (Å²) in [6.07, 6.45) is 11.4. The van der Waals surface area contributed by atoms with E-state index in [0.717, 1.165) is 16.8 Å². The van der Waals surface area contributed by atoms with Crippen LogP contribution in [0.25, 0.3) is 16.8 Å². The van der Waals surface area contributed by atoms with E-state index in [9.17, 15) is 0 Å². The van der Waals surface area contributed by atoms with Gasteiger partial charge in [0, 0.05) is 19.4 Å². The minimum absolute atomic E-state index is 0. The maximum absolute atomic E-state index is 4.22. The molecule has 0 amide bonds. The van der Waals surface area contributed by atoms with Gasteiger partial charge >= 0.3 is 19.8 Å². The Labute approximate surface area is 133 Å². The summed E-state index contributed by atoms with van der Waals surface area (Å²) in [7, 11) is 1.87. The van der Waals surface area contributed by atoms with Crippen LogP contribution in [0, 0.1) is 13.6 Å². The van der Waals surface area contributed by atoms with Crippen LogP contribution in [-0.2, 0) is 26.8 Å². The van der Waals surface area contributed by atoms with Crippen molar-refractivity contribution in [2.45, 2.75) is 20.3 Å². The summed E-state index contributed by atoms with van der Waals surface area (Å²) in [5, 5.41) is 8.22. The predicted octanol–water partition coefficient (Wildman–Crippen LogP) is 2.79. The minimum Gasteiger partial charge on any atom is -0.381 e. The van der Waals surface area contributed by atoms with E-state index in [1.807, 2.05) is 25.5 Å². The molecular formula is C14H19N5Os. The van der Waals surface area contributed by atoms with E-state index in [1.54, 1.807) is 21.6 Å². The van der Waals surface area contributed by atoms with Crippen LogP contribution in [0.4, 0.5) is 0 Å². The zero-order chi connectivity index (χ0) is 13.0. The van der Waals surface area contributed by atoms with E-state index in [0.29, 0.717) is 0 Å². The summed E-state index contributed by atoms with van der Waals surface area (Å²) in [5.74, 6) is 0. The molecule has 0 radical (unpaired) electrons. The Morgan fingerprint density at radius 3 is 2.50 bits per heavy atom. The molecular weight excluding hydrogens is 428 g/mol. The molecule has 0 aliphatic carbocycles. The smallest absolute Gasteiger partial charge is 0.381 e. The van der Waals surface area contributed by atoms with Gasteiger partial charge in [0.05, 0.1) is 0 Å². The van der Waals surface area contributed by atoms with E-state index in [-0.39, 0.29) is 27.2 Å². The molecule has 6 heteroatoms. The molecule has 0 spiro atoms. The third-order valence-electron chi connectivity index (χ3n) is 2.21. The predicted molar refractivity (Wildman–Crippen MR) is 76.4 cm³/mol. The summed E-state index contributed by atoms with van der Waals surface area (Å²) < 4.78 is 3.49. The van der Waals surface area contributed by atoms with Gasteiger partial charge in [0.15, 0.2) is 0 Å². The van der Waals surface area contributed by atoms with Gasteiger partial charge in [0.1, 0.15) is 0 Å². The number of rotatable bonds is 1. The van der Waals surface area contributed by atoms with E-state index >= 15 is 0 Å². The van der Waals surface area contributed by atoms with Gasteiger partial charge < -0.3 is 12.4 Å². The Morgan fingerprint density at radius 1 is 1.20 bits per heavy atom. The Bertz CT molecular complexity index is 629. The maximum atomic E-state index is 4.22. The molecule has 3 heterocycles. The Morgan fingerprint density at radius 2 is 1.90 bits per heavy atom. The number of nitrogens with zero attached hydrogens (tertiary/aromatic N) is 5. The molecule has 3 aromatic rings. The van der Waals surface area contributed by atoms with Crippen molar-refractivity contribution in [1.82, 2.24) is 24.4 Å². The van der Waals surface area contributed by atoms with Crippen molar-refractivity contribution >= 4 is 5.52 Å². The van der Waals surface area contributed by atoms with E-state index in [2.05, 4.69) is 35.2 Å². The average molecular weight is 448 g/mol. The third kappa shape index (κ3) is 4.24. The fourth-order valence-corrected chi connectivity index (χ4v) is 1.46. The van der Waals surface area contributed by atoms with Crippen LogP contribution in [0.3, 0.4) is 0 Å². The van der Waals surface area contributed by atoms with E-state index < -0.39 is 0 Å². The third-order valence-corrected chi connectivity index (χ3v) is 2.21. The first-order chi connectivity index (χ1) is 8.74. The standard InChI is InChI=1S/C10H8N5.C3H8.CH3.Os/c1-14-6-8(4-13-14)10-7-15-9(5-11-10)2-3-12-15;1-3-2;;/h2-4,6-7H,1H3;3H2,1-2H3;1H3;/q-1;;-1;+2. The Balaban J connectivity index is 0.000000668. The summed E-state index contributed by atoms with van der Waals surface area (Å²) in [5.41, 5.74) is 2.65. The summed E-state index contributed by atoms with van der Waals surface area (Å²) in [6, 6.07) is 1.86. The molecule has 0 bridgehead atoms. The fourth-order valence-electron chi connectivity index (χ4n) is 1.46. The molecule has 0 fully saturated rings. The Hall–Kier alpha value is -1.53. The molecule has 0 saturated heterocycles. The molecule has 0 saturated carbocycles. The molecule has 108 valence electrons. The van der Waals surface area contributed by atoms with Gasteiger partial charge in [-0.15, -0.1) is 6.07 Å². The largest absolute Gasteiger partial charge is 2.00 e. The van der Waals surface area contributed by atoms with E-state index in [4.69, 9.17) is 0 Å². The molecule has 0 aromatic carbocycles. The second-order valence-corrected chi connectivity index (χ2v) is 4.01. The molecule has 0 atom stereocenters. The van der Waals surface area contributed by atoms with Crippen molar-refractivity contribution < 1.29 is 19.8 Å². The van der Waals surface area contributed by atoms with Crippen molar-refractivity contribution in [2.24, 2.45) is 7.05 Å². The van der Waals surface area contributed by atoms with Crippen molar-refractivity contribution in [3.8, 4) is 11.3 Å². The van der Waals surface area contributed by atoms with Gasteiger partial charge in [-0.25, -0.2) is 0 Å². The maximum Gasteiger partial charge on any atom is 2.00 e. The van der Waals surface area contributed by atoms with Crippen LogP contribution in [0.2, 0.25) is 0 Å². The zero-order valence-electron chi connectivity index (χ0n) is 12.2. The van der Waals surface area contributed by atoms with Gasteiger partial charge in [0.2, 0.25) is 0 Å². The second kappa shape index (κ2) is 8.60. The average Bonchev–Trinajstić information content (AvgIpc) is 2.97. The quantitative estimate of drug-likeness (QED) is 0.539. The van der Waals surface area contributed by atoms with Crippen molar-refractivity contribution in [3.63, 3.8) is 0 Å². The number of fused-ring (bicyclic) bond motifs is 1. The van der Waals surface area contributed by atoms with Gasteiger partial charge in [-0.1, -0.05) is 26.5 Å². The molecule has 3 aromatic heterocycles. The van der Waals surface area contributed by atoms with Crippen molar-refractivity contribution in [2.75, 3.05) is 0 Å². The number of hydrogen-bond acceptors (Lipinski definition) is 3. The first kappa shape index (κ1) is 18.5. The summed E-state index contributed by atoms with van der Waals surface area (Å²) in [6.45, 7) is 4.25. The van der Waals surface area contributed by atoms with E-state index in [1.165, 1.54) is 6.42 Å². The van der Waals surface area contributed by atoms with Crippen molar-refractivity contribution in [1.29, 1.82) is 0 Å². The van der Waals surface area contributed by atoms with Crippen molar-refractivity contribution in [3.05, 3.63) is 44.5 Å². The molecule has 0 aliphatic rings. The van der Waals surface area contributed by atoms with Crippen LogP contribution < -0.4 is 0 Å². The molecule has 3 rings (SSSR count). The first-order valence-corrected chi connectivity index (χ1v) is 5.95. The van der Waals surface area contributed by atoms with Crippen LogP contribution in [0.15, 0.2) is 30.9 Å². The number of aromatic nitrogens is 5. The fraction of sp³-hybridized carbons (Fsp3) is 0.286. The van der Waals surface area contributed by atoms with Gasteiger partial charge in [-0.05, 0) is 29.2 Å². The SMILES string of the molecule is CCC.Cn1cc(-c2cn3nccc3[c-]n2)cn1.[CH3-].[Os+2]. The summed E-state index contributed by atoms with van der Waals surface area (Å²) in [4.78, 5) is 4.22. The topological polar surface area (TPSA) is 48.0 Å². The van der Waals surface area contributed by atoms with Crippen LogP contribution in [-0.4, -0.2) is 24.4 Å². The molecule has 5 nitrogen and oxygen atoms in total. The van der Waals surface area contributed by atoms with Gasteiger partial charge in [0.25, 0.3) is 0 Å². The van der Waals surface area contributed by atoms with Gasteiger partial charge in [-0.2, -0.15) is 10.2 Å².